The number of carbonyl (C=O) groups is 4. The smallest absolute Gasteiger partial charge is 0.305 e. The average Bonchev–Trinajstić information content (AvgIpc) is 4.09. The van der Waals surface area contributed by atoms with Crippen LogP contribution in [0, 0.1) is 0 Å². The summed E-state index contributed by atoms with van der Waals surface area (Å²) in [4.78, 5) is 63.3. The maximum absolute atomic E-state index is 13.8. The van der Waals surface area contributed by atoms with E-state index in [1.54, 1.807) is 22.1 Å². The number of amidine groups is 1. The number of rotatable bonds is 29. The zero-order valence-corrected chi connectivity index (χ0v) is 35.8. The highest BCUT2D eigenvalue weighted by molar-refractivity contribution is 6.06. The molecule has 340 valence electrons. The van der Waals surface area contributed by atoms with Gasteiger partial charge in [0.15, 0.2) is 0 Å². The lowest BCUT2D eigenvalue weighted by Crippen LogP contribution is -2.37. The molecule has 18 nitrogen and oxygen atoms in total. The molecular weight excluding hydrogens is 805 g/mol. The molecule has 1 aromatic carbocycles. The molecule has 3 amide bonds. The number of carboxylic acid groups (broad SMARTS) is 1. The monoisotopic (exact) mass is 866 g/mol. The summed E-state index contributed by atoms with van der Waals surface area (Å²) < 4.78 is 32.6. The number of ether oxygens (including phenoxy) is 6. The number of aromatic nitrogens is 1. The van der Waals surface area contributed by atoms with E-state index in [-0.39, 0.29) is 63.3 Å². The maximum Gasteiger partial charge on any atom is 0.305 e. The Morgan fingerprint density at radius 1 is 0.855 bits per heavy atom. The molecule has 1 fully saturated rings. The highest BCUT2D eigenvalue weighted by Crippen LogP contribution is 2.50. The van der Waals surface area contributed by atoms with Crippen molar-refractivity contribution in [2.75, 3.05) is 111 Å². The SMILES string of the molecule is CCCN(CCO)C(=O)C1=Cc2ccc(C3(C(=O)Nc4cnc5c(c4)CN(C(=O)CCOCCOCCOCCOCCOCCOCCC(=O)O)CC5)CC3)cc2N=C(N)C1. The van der Waals surface area contributed by atoms with Crippen LogP contribution in [-0.2, 0) is 66.0 Å². The molecule has 5 N–H and O–H groups in total. The molecule has 0 atom stereocenters. The predicted octanol–water partition coefficient (Wildman–Crippen LogP) is 2.61. The third-order valence-electron chi connectivity index (χ3n) is 10.6. The molecule has 2 aliphatic heterocycles. The van der Waals surface area contributed by atoms with Gasteiger partial charge in [-0.2, -0.15) is 0 Å². The molecule has 3 heterocycles. The first-order chi connectivity index (χ1) is 30.1. The molecule has 1 aliphatic carbocycles. The van der Waals surface area contributed by atoms with Crippen LogP contribution in [-0.4, -0.2) is 160 Å². The molecule has 62 heavy (non-hydrogen) atoms. The van der Waals surface area contributed by atoms with Gasteiger partial charge in [-0.1, -0.05) is 19.1 Å². The van der Waals surface area contributed by atoms with Gasteiger partial charge in [0, 0.05) is 55.9 Å². The van der Waals surface area contributed by atoms with Crippen molar-refractivity contribution < 1.29 is 57.8 Å². The van der Waals surface area contributed by atoms with Crippen molar-refractivity contribution in [1.29, 1.82) is 0 Å². The first-order valence-corrected chi connectivity index (χ1v) is 21.5. The molecule has 1 saturated carbocycles. The van der Waals surface area contributed by atoms with E-state index < -0.39 is 11.4 Å². The number of nitrogens with zero attached hydrogens (tertiary/aromatic N) is 4. The summed E-state index contributed by atoms with van der Waals surface area (Å²) in [5.41, 5.74) is 10.6. The van der Waals surface area contributed by atoms with Crippen molar-refractivity contribution in [3.8, 4) is 0 Å². The number of carboxylic acids is 1. The van der Waals surface area contributed by atoms with E-state index in [1.165, 1.54) is 0 Å². The number of aliphatic imine (C=N–C) groups is 1. The van der Waals surface area contributed by atoms with Crippen molar-refractivity contribution in [3.05, 3.63) is 58.4 Å². The van der Waals surface area contributed by atoms with Gasteiger partial charge in [-0.15, -0.1) is 0 Å². The van der Waals surface area contributed by atoms with Crippen LogP contribution in [0.2, 0.25) is 0 Å². The fourth-order valence-corrected chi connectivity index (χ4v) is 7.14. The lowest BCUT2D eigenvalue weighted by Gasteiger charge is -2.29. The molecule has 3 aliphatic rings. The molecule has 18 heteroatoms. The van der Waals surface area contributed by atoms with Crippen LogP contribution in [0.5, 0.6) is 0 Å². The summed E-state index contributed by atoms with van der Waals surface area (Å²) >= 11 is 0. The predicted molar refractivity (Wildman–Crippen MR) is 229 cm³/mol. The largest absolute Gasteiger partial charge is 0.481 e. The molecular formula is C44H62N6O12. The second kappa shape index (κ2) is 25.3. The number of carbonyl (C=O) groups excluding carboxylic acids is 3. The number of anilines is 1. The summed E-state index contributed by atoms with van der Waals surface area (Å²) in [6.07, 6.45) is 6.59. The van der Waals surface area contributed by atoms with Crippen LogP contribution in [0.15, 0.2) is 41.0 Å². The van der Waals surface area contributed by atoms with Crippen LogP contribution in [0.1, 0.15) is 67.8 Å². The topological polar surface area (TPSA) is 234 Å². The third-order valence-corrected chi connectivity index (χ3v) is 10.6. The Bertz CT molecular complexity index is 1860. The van der Waals surface area contributed by atoms with E-state index in [9.17, 15) is 24.3 Å². The van der Waals surface area contributed by atoms with Gasteiger partial charge in [-0.25, -0.2) is 4.99 Å². The Hall–Kier alpha value is -4.82. The Balaban J connectivity index is 0.974. The quantitative estimate of drug-likeness (QED) is 0.0862. The summed E-state index contributed by atoms with van der Waals surface area (Å²) in [7, 11) is 0. The molecule has 0 spiro atoms. The number of pyridine rings is 1. The molecule has 0 bridgehead atoms. The summed E-state index contributed by atoms with van der Waals surface area (Å²) in [6.45, 7) is 7.98. The van der Waals surface area contributed by atoms with Gasteiger partial charge in [0.05, 0.1) is 122 Å². The van der Waals surface area contributed by atoms with E-state index in [2.05, 4.69) is 15.3 Å². The minimum atomic E-state index is -0.890. The van der Waals surface area contributed by atoms with Crippen molar-refractivity contribution in [2.24, 2.45) is 10.7 Å². The van der Waals surface area contributed by atoms with Crippen LogP contribution in [0.25, 0.3) is 6.08 Å². The standard InChI is InChI=1S/C44H62N6O12/c1-2-10-49(12-13-51)42(55)33-26-32-3-4-35(29-38(32)48-39(45)28-33)44(8-9-44)43(56)47-36-27-34-31-50(11-5-37(34)46-30-36)40(52)6-14-57-16-18-59-20-22-61-24-25-62-23-21-60-19-17-58-15-7-41(53)54/h3-4,26-27,29-30,51H,2,5-25,28,31H2,1H3,(H2,45,48)(H,47,56)(H,53,54). The fraction of sp³-hybridized carbons (Fsp3) is 0.591. The summed E-state index contributed by atoms with van der Waals surface area (Å²) in [6, 6.07) is 7.57. The Labute approximate surface area is 362 Å². The number of amides is 3. The molecule has 5 rings (SSSR count). The van der Waals surface area contributed by atoms with Gasteiger partial charge in [-0.05, 0) is 48.6 Å². The van der Waals surface area contributed by atoms with Gasteiger partial charge in [0.25, 0.3) is 0 Å². The van der Waals surface area contributed by atoms with Crippen molar-refractivity contribution in [3.63, 3.8) is 0 Å². The number of aliphatic hydroxyl groups excluding tert-OH is 1. The molecule has 2 aromatic rings. The second-order valence-electron chi connectivity index (χ2n) is 15.2. The number of hydrogen-bond acceptors (Lipinski definition) is 14. The average molecular weight is 867 g/mol. The molecule has 1 aromatic heterocycles. The number of fused-ring (bicyclic) bond motifs is 2. The lowest BCUT2D eigenvalue weighted by molar-refractivity contribution is -0.138. The Morgan fingerprint density at radius 3 is 2.05 bits per heavy atom. The van der Waals surface area contributed by atoms with Crippen LogP contribution in [0.3, 0.4) is 0 Å². The number of benzene rings is 1. The number of aliphatic hydroxyl groups is 1. The van der Waals surface area contributed by atoms with E-state index >= 15 is 0 Å². The zero-order valence-electron chi connectivity index (χ0n) is 35.8. The van der Waals surface area contributed by atoms with Crippen LogP contribution >= 0.6 is 0 Å². The first kappa shape index (κ1) is 48.2. The van der Waals surface area contributed by atoms with Crippen molar-refractivity contribution >= 4 is 47.0 Å². The molecule has 0 radical (unpaired) electrons. The second-order valence-corrected chi connectivity index (χ2v) is 15.2. The van der Waals surface area contributed by atoms with Gasteiger partial charge < -0.3 is 59.5 Å². The Kier molecular flexibility index (Phi) is 19.7. The molecule has 0 saturated heterocycles. The minimum absolute atomic E-state index is 0.0200. The number of nitrogens with two attached hydrogens (primary N) is 1. The van der Waals surface area contributed by atoms with E-state index in [0.29, 0.717) is 128 Å². The highest BCUT2D eigenvalue weighted by Gasteiger charge is 2.51. The van der Waals surface area contributed by atoms with E-state index in [0.717, 1.165) is 28.8 Å². The maximum atomic E-state index is 13.8. The molecule has 0 unspecified atom stereocenters. The highest BCUT2D eigenvalue weighted by atomic mass is 16.6. The summed E-state index contributed by atoms with van der Waals surface area (Å²) in [5.74, 6) is -0.931. The Morgan fingerprint density at radius 2 is 1.47 bits per heavy atom. The van der Waals surface area contributed by atoms with E-state index in [4.69, 9.17) is 39.3 Å². The third kappa shape index (κ3) is 14.9. The minimum Gasteiger partial charge on any atom is -0.481 e. The van der Waals surface area contributed by atoms with Crippen LogP contribution < -0.4 is 11.1 Å². The first-order valence-electron chi connectivity index (χ1n) is 21.5. The number of nitrogens with one attached hydrogen (secondary N) is 1. The normalized spacial score (nSPS) is 15.2. The van der Waals surface area contributed by atoms with Gasteiger partial charge in [0.2, 0.25) is 17.7 Å². The van der Waals surface area contributed by atoms with Gasteiger partial charge >= 0.3 is 5.97 Å². The number of hydrogen-bond donors (Lipinski definition) is 4. The van der Waals surface area contributed by atoms with Gasteiger partial charge in [0.1, 0.15) is 5.84 Å². The van der Waals surface area contributed by atoms with Gasteiger partial charge in [-0.3, -0.25) is 24.2 Å². The summed E-state index contributed by atoms with van der Waals surface area (Å²) in [5, 5.41) is 21.1. The van der Waals surface area contributed by atoms with E-state index in [1.807, 2.05) is 31.2 Å². The van der Waals surface area contributed by atoms with Crippen molar-refractivity contribution in [2.45, 2.75) is 63.8 Å². The number of aliphatic carboxylic acids is 1. The lowest BCUT2D eigenvalue weighted by atomic mass is 9.92. The van der Waals surface area contributed by atoms with Crippen molar-refractivity contribution in [1.82, 2.24) is 14.8 Å². The van der Waals surface area contributed by atoms with Crippen LogP contribution in [0.4, 0.5) is 11.4 Å². The zero-order chi connectivity index (χ0) is 44.2. The fourth-order valence-electron chi connectivity index (χ4n) is 7.14.